The Morgan fingerprint density at radius 1 is 0.978 bits per heavy atom. The number of morpholine rings is 1. The Balaban J connectivity index is 1.42. The highest BCUT2D eigenvalue weighted by Gasteiger charge is 2.31. The maximum Gasteiger partial charge on any atom is 0.416 e. The highest BCUT2D eigenvalue weighted by atomic mass is 19.4. The molecular formula is C33H36F3N3O6. The summed E-state index contributed by atoms with van der Waals surface area (Å²) in [4.78, 5) is 24.1. The van der Waals surface area contributed by atoms with Crippen LogP contribution in [0.4, 0.5) is 18.9 Å². The van der Waals surface area contributed by atoms with Crippen LogP contribution in [0.3, 0.4) is 0 Å². The summed E-state index contributed by atoms with van der Waals surface area (Å²) in [6.07, 6.45) is 3.74. The average molecular weight is 628 g/mol. The van der Waals surface area contributed by atoms with Crippen molar-refractivity contribution in [2.45, 2.75) is 19.5 Å². The second kappa shape index (κ2) is 16.9. The number of alkyl halides is 3. The molecule has 1 saturated heterocycles. The van der Waals surface area contributed by atoms with Crippen LogP contribution in [-0.4, -0.2) is 88.3 Å². The number of ether oxygens (including phenoxy) is 5. The third-order valence-electron chi connectivity index (χ3n) is 6.91. The van der Waals surface area contributed by atoms with Crippen molar-refractivity contribution in [2.75, 3.05) is 77.5 Å². The standard InChI is InChI=1S/C33H36F3N3O6/c1-3-9-41-12-13-43-14-15-44-16-17-45-32-30(39-7-10-42-11-8-39)21-27(23-38-32)29-18-25(22-37-24(29)2)19-31(40)26-5-4-6-28(20-26)33(34,35)36/h1,4-6,18,20-23H,7-17,19H2,2H3. The quantitative estimate of drug-likeness (QED) is 0.126. The number of hydrogen-bond donors (Lipinski definition) is 0. The molecule has 0 radical (unpaired) electrons. The van der Waals surface area contributed by atoms with Crippen LogP contribution in [0.1, 0.15) is 27.2 Å². The highest BCUT2D eigenvalue weighted by Crippen LogP contribution is 2.34. The van der Waals surface area contributed by atoms with Crippen LogP contribution < -0.4 is 9.64 Å². The molecule has 1 aromatic carbocycles. The Bertz CT molecular complexity index is 1450. The van der Waals surface area contributed by atoms with Crippen molar-refractivity contribution in [1.29, 1.82) is 0 Å². The minimum absolute atomic E-state index is 0.00748. The van der Waals surface area contributed by atoms with E-state index in [9.17, 15) is 18.0 Å². The molecule has 9 nitrogen and oxygen atoms in total. The van der Waals surface area contributed by atoms with Gasteiger partial charge in [0, 0.05) is 54.3 Å². The van der Waals surface area contributed by atoms with Gasteiger partial charge in [-0.3, -0.25) is 9.78 Å². The number of aryl methyl sites for hydroxylation is 1. The molecule has 0 spiro atoms. The summed E-state index contributed by atoms with van der Waals surface area (Å²) < 4.78 is 67.2. The van der Waals surface area contributed by atoms with Crippen LogP contribution in [0.2, 0.25) is 0 Å². The maximum absolute atomic E-state index is 13.2. The lowest BCUT2D eigenvalue weighted by molar-refractivity contribution is -0.137. The van der Waals surface area contributed by atoms with E-state index in [4.69, 9.17) is 30.1 Å². The van der Waals surface area contributed by atoms with Crippen LogP contribution in [0, 0.1) is 19.3 Å². The summed E-state index contributed by atoms with van der Waals surface area (Å²) in [7, 11) is 0. The Morgan fingerprint density at radius 2 is 1.69 bits per heavy atom. The van der Waals surface area contributed by atoms with E-state index in [2.05, 4.69) is 20.8 Å². The summed E-state index contributed by atoms with van der Waals surface area (Å²) in [5, 5.41) is 0. The predicted octanol–water partition coefficient (Wildman–Crippen LogP) is 4.79. The van der Waals surface area contributed by atoms with Crippen LogP contribution in [0.15, 0.2) is 48.8 Å². The molecule has 0 N–H and O–H groups in total. The summed E-state index contributed by atoms with van der Waals surface area (Å²) in [5.41, 5.74) is 2.73. The van der Waals surface area contributed by atoms with Crippen molar-refractivity contribution in [3.63, 3.8) is 0 Å². The topological polar surface area (TPSA) is 92.2 Å². The van der Waals surface area contributed by atoms with Gasteiger partial charge >= 0.3 is 6.18 Å². The largest absolute Gasteiger partial charge is 0.474 e. The molecule has 2 aromatic heterocycles. The summed E-state index contributed by atoms with van der Waals surface area (Å²) in [6, 6.07) is 8.23. The van der Waals surface area contributed by atoms with E-state index in [0.29, 0.717) is 76.5 Å². The average Bonchev–Trinajstić information content (AvgIpc) is 3.04. The van der Waals surface area contributed by atoms with Crippen molar-refractivity contribution in [2.24, 2.45) is 0 Å². The number of ketones is 1. The summed E-state index contributed by atoms with van der Waals surface area (Å²) in [6.45, 7) is 6.85. The molecule has 3 heterocycles. The molecule has 0 bridgehead atoms. The SMILES string of the molecule is C#CCOCCOCCOCCOc1ncc(-c2cc(CC(=O)c3cccc(C(F)(F)F)c3)cnc2C)cc1N1CCOCC1. The first-order valence-corrected chi connectivity index (χ1v) is 14.5. The van der Waals surface area contributed by atoms with Crippen molar-refractivity contribution >= 4 is 11.5 Å². The second-order valence-corrected chi connectivity index (χ2v) is 10.1. The Labute approximate surface area is 260 Å². The van der Waals surface area contributed by atoms with Crippen molar-refractivity contribution < 1.29 is 41.7 Å². The second-order valence-electron chi connectivity index (χ2n) is 10.1. The first-order chi connectivity index (χ1) is 21.8. The third kappa shape index (κ3) is 10.3. The number of carbonyl (C=O) groups excluding carboxylic acids is 1. The maximum atomic E-state index is 13.2. The Morgan fingerprint density at radius 3 is 2.40 bits per heavy atom. The molecule has 0 unspecified atom stereocenters. The van der Waals surface area contributed by atoms with Gasteiger partial charge in [0.05, 0.1) is 51.8 Å². The fourth-order valence-corrected chi connectivity index (χ4v) is 4.62. The van der Waals surface area contributed by atoms with Gasteiger partial charge in [-0.25, -0.2) is 4.98 Å². The first kappa shape index (κ1) is 33.9. The molecule has 4 rings (SSSR count). The number of halogens is 3. The van der Waals surface area contributed by atoms with E-state index in [-0.39, 0.29) is 25.2 Å². The molecule has 0 saturated carbocycles. The molecule has 0 atom stereocenters. The van der Waals surface area contributed by atoms with Crippen LogP contribution in [0.25, 0.3) is 11.1 Å². The number of Topliss-reactive ketones (excluding diaryl/α,β-unsaturated/α-hetero) is 1. The van der Waals surface area contributed by atoms with Gasteiger partial charge in [0.25, 0.3) is 0 Å². The number of rotatable bonds is 16. The van der Waals surface area contributed by atoms with Crippen molar-refractivity contribution in [3.8, 4) is 29.4 Å². The number of aromatic nitrogens is 2. The van der Waals surface area contributed by atoms with Crippen LogP contribution in [0.5, 0.6) is 5.88 Å². The van der Waals surface area contributed by atoms with Gasteiger partial charge < -0.3 is 28.6 Å². The van der Waals surface area contributed by atoms with E-state index in [1.165, 1.54) is 12.1 Å². The zero-order valence-corrected chi connectivity index (χ0v) is 25.1. The van der Waals surface area contributed by atoms with E-state index in [1.807, 2.05) is 19.1 Å². The molecule has 1 aliphatic rings. The number of carbonyl (C=O) groups is 1. The Hall–Kier alpha value is -4.02. The molecule has 1 fully saturated rings. The number of benzene rings is 1. The zero-order valence-electron chi connectivity index (χ0n) is 25.1. The van der Waals surface area contributed by atoms with Gasteiger partial charge in [0.1, 0.15) is 18.9 Å². The minimum atomic E-state index is -4.53. The van der Waals surface area contributed by atoms with Crippen LogP contribution in [-0.2, 0) is 31.5 Å². The lowest BCUT2D eigenvalue weighted by atomic mass is 9.98. The molecule has 240 valence electrons. The van der Waals surface area contributed by atoms with E-state index >= 15 is 0 Å². The summed E-state index contributed by atoms with van der Waals surface area (Å²) >= 11 is 0. The minimum Gasteiger partial charge on any atom is -0.474 e. The number of hydrogen-bond acceptors (Lipinski definition) is 9. The molecule has 12 heteroatoms. The summed E-state index contributed by atoms with van der Waals surface area (Å²) in [5.74, 6) is 2.41. The zero-order chi connectivity index (χ0) is 32.1. The monoisotopic (exact) mass is 627 g/mol. The van der Waals surface area contributed by atoms with Crippen molar-refractivity contribution in [3.05, 3.63) is 71.2 Å². The lowest BCUT2D eigenvalue weighted by Gasteiger charge is -2.30. The normalized spacial score (nSPS) is 13.4. The van der Waals surface area contributed by atoms with Gasteiger partial charge in [0.15, 0.2) is 5.78 Å². The molecule has 1 aliphatic heterocycles. The van der Waals surface area contributed by atoms with Crippen LogP contribution >= 0.6 is 0 Å². The predicted molar refractivity (Wildman–Crippen MR) is 162 cm³/mol. The fraction of sp³-hybridized carbons (Fsp3) is 0.424. The smallest absolute Gasteiger partial charge is 0.416 e. The lowest BCUT2D eigenvalue weighted by Crippen LogP contribution is -2.36. The third-order valence-corrected chi connectivity index (χ3v) is 6.91. The van der Waals surface area contributed by atoms with Crippen molar-refractivity contribution in [1.82, 2.24) is 9.97 Å². The van der Waals surface area contributed by atoms with Gasteiger partial charge in [-0.15, -0.1) is 6.42 Å². The molecular weight excluding hydrogens is 591 g/mol. The number of pyridine rings is 2. The van der Waals surface area contributed by atoms with Gasteiger partial charge in [-0.1, -0.05) is 18.1 Å². The number of nitrogens with zero attached hydrogens (tertiary/aromatic N) is 3. The molecule has 0 aliphatic carbocycles. The fourth-order valence-electron chi connectivity index (χ4n) is 4.62. The Kier molecular flexibility index (Phi) is 12.7. The number of terminal acetylenes is 1. The number of anilines is 1. The van der Waals surface area contributed by atoms with Gasteiger partial charge in [-0.05, 0) is 36.8 Å². The van der Waals surface area contributed by atoms with E-state index in [1.54, 1.807) is 12.4 Å². The van der Waals surface area contributed by atoms with Gasteiger partial charge in [-0.2, -0.15) is 13.2 Å². The first-order valence-electron chi connectivity index (χ1n) is 14.5. The molecule has 3 aromatic rings. The molecule has 0 amide bonds. The van der Waals surface area contributed by atoms with E-state index in [0.717, 1.165) is 28.9 Å². The highest BCUT2D eigenvalue weighted by molar-refractivity contribution is 5.97. The van der Waals surface area contributed by atoms with Gasteiger partial charge in [0.2, 0.25) is 5.88 Å². The molecule has 45 heavy (non-hydrogen) atoms. The van der Waals surface area contributed by atoms with E-state index < -0.39 is 17.5 Å².